The van der Waals surface area contributed by atoms with Crippen molar-refractivity contribution < 1.29 is 9.21 Å². The highest BCUT2D eigenvalue weighted by molar-refractivity contribution is 5.97. The summed E-state index contributed by atoms with van der Waals surface area (Å²) < 4.78 is 5.54. The molecule has 0 unspecified atom stereocenters. The Hall–Kier alpha value is -1.29. The van der Waals surface area contributed by atoms with Gasteiger partial charge in [0.05, 0.1) is 5.56 Å². The number of nitrogens with one attached hydrogen (secondary N) is 1. The molecule has 0 aliphatic carbocycles. The van der Waals surface area contributed by atoms with Crippen LogP contribution in [0.1, 0.15) is 53.6 Å². The monoisotopic (exact) mass is 278 g/mol. The lowest BCUT2D eigenvalue weighted by atomic mass is 10.0. The molecule has 1 amide bonds. The van der Waals surface area contributed by atoms with Crippen LogP contribution in [-0.4, -0.2) is 36.5 Å². The maximum absolute atomic E-state index is 12.4. The number of likely N-dealkylation sites (tertiary alicyclic amines) is 1. The second-order valence-corrected chi connectivity index (χ2v) is 5.80. The van der Waals surface area contributed by atoms with Gasteiger partial charge in [0.1, 0.15) is 11.5 Å². The summed E-state index contributed by atoms with van der Waals surface area (Å²) in [6.07, 6.45) is 3.28. The van der Waals surface area contributed by atoms with Gasteiger partial charge >= 0.3 is 0 Å². The molecule has 0 saturated carbocycles. The van der Waals surface area contributed by atoms with Gasteiger partial charge in [0.2, 0.25) is 0 Å². The molecule has 1 aliphatic heterocycles. The summed E-state index contributed by atoms with van der Waals surface area (Å²) >= 11 is 0. The molecule has 0 radical (unpaired) electrons. The quantitative estimate of drug-likeness (QED) is 0.921. The number of carbonyl (C=O) groups is 1. The van der Waals surface area contributed by atoms with E-state index in [0.29, 0.717) is 6.04 Å². The van der Waals surface area contributed by atoms with Crippen LogP contribution in [0.15, 0.2) is 4.42 Å². The molecule has 0 atom stereocenters. The molecule has 0 spiro atoms. The van der Waals surface area contributed by atoms with E-state index < -0.39 is 0 Å². The van der Waals surface area contributed by atoms with Gasteiger partial charge < -0.3 is 14.6 Å². The van der Waals surface area contributed by atoms with Crippen molar-refractivity contribution in [1.82, 2.24) is 10.2 Å². The molecular weight excluding hydrogens is 252 g/mol. The molecule has 4 heteroatoms. The predicted octanol–water partition coefficient (Wildman–Crippen LogP) is 2.81. The molecule has 112 valence electrons. The minimum absolute atomic E-state index is 0.0193. The number of rotatable bonds is 4. The number of amides is 1. The molecule has 2 rings (SSSR count). The maximum atomic E-state index is 12.4. The highest BCUT2D eigenvalue weighted by atomic mass is 16.3. The van der Waals surface area contributed by atoms with Crippen LogP contribution in [0.5, 0.6) is 0 Å². The SMILES string of the molecule is CCCN1CCC(NC(=O)c2c(C)oc(C)c2C)CC1. The van der Waals surface area contributed by atoms with Crippen LogP contribution >= 0.6 is 0 Å². The van der Waals surface area contributed by atoms with Crippen LogP contribution in [0.3, 0.4) is 0 Å². The molecule has 1 aromatic rings. The minimum atomic E-state index is 0.0193. The molecule has 20 heavy (non-hydrogen) atoms. The Balaban J connectivity index is 1.93. The standard InChI is InChI=1S/C16H26N2O2/c1-5-8-18-9-6-14(7-10-18)17-16(19)15-11(2)12(3)20-13(15)4/h14H,5-10H2,1-4H3,(H,17,19). The van der Waals surface area contributed by atoms with Gasteiger partial charge in [-0.15, -0.1) is 0 Å². The molecule has 0 bridgehead atoms. The Morgan fingerprint density at radius 1 is 1.25 bits per heavy atom. The molecular formula is C16H26N2O2. The van der Waals surface area contributed by atoms with Gasteiger partial charge in [-0.3, -0.25) is 4.79 Å². The lowest BCUT2D eigenvalue weighted by molar-refractivity contribution is 0.0909. The number of nitrogens with zero attached hydrogens (tertiary/aromatic N) is 1. The van der Waals surface area contributed by atoms with E-state index in [9.17, 15) is 4.79 Å². The van der Waals surface area contributed by atoms with Crippen molar-refractivity contribution in [3.8, 4) is 0 Å². The van der Waals surface area contributed by atoms with E-state index in [4.69, 9.17) is 4.42 Å². The predicted molar refractivity (Wildman–Crippen MR) is 80.1 cm³/mol. The normalized spacial score (nSPS) is 17.4. The summed E-state index contributed by atoms with van der Waals surface area (Å²) in [6.45, 7) is 11.3. The van der Waals surface area contributed by atoms with E-state index in [1.54, 1.807) is 0 Å². The average molecular weight is 278 g/mol. The van der Waals surface area contributed by atoms with Crippen molar-refractivity contribution in [1.29, 1.82) is 0 Å². The first-order chi connectivity index (χ1) is 9.52. The van der Waals surface area contributed by atoms with E-state index >= 15 is 0 Å². The molecule has 1 aromatic heterocycles. The van der Waals surface area contributed by atoms with E-state index in [1.165, 1.54) is 13.0 Å². The maximum Gasteiger partial charge on any atom is 0.255 e. The summed E-state index contributed by atoms with van der Waals surface area (Å²) in [5.74, 6) is 1.58. The van der Waals surface area contributed by atoms with Crippen molar-refractivity contribution in [3.63, 3.8) is 0 Å². The first-order valence-electron chi connectivity index (χ1n) is 7.62. The lowest BCUT2D eigenvalue weighted by Gasteiger charge is -2.32. The lowest BCUT2D eigenvalue weighted by Crippen LogP contribution is -2.44. The van der Waals surface area contributed by atoms with Gasteiger partial charge in [0.25, 0.3) is 5.91 Å². The summed E-state index contributed by atoms with van der Waals surface area (Å²) in [4.78, 5) is 14.9. The van der Waals surface area contributed by atoms with Crippen molar-refractivity contribution >= 4 is 5.91 Å². The van der Waals surface area contributed by atoms with Gasteiger partial charge in [-0.1, -0.05) is 6.92 Å². The highest BCUT2D eigenvalue weighted by Gasteiger charge is 2.24. The molecule has 1 saturated heterocycles. The number of aryl methyl sites for hydroxylation is 2. The molecule has 4 nitrogen and oxygen atoms in total. The largest absolute Gasteiger partial charge is 0.466 e. The summed E-state index contributed by atoms with van der Waals surface area (Å²) in [5.41, 5.74) is 1.68. The van der Waals surface area contributed by atoms with Crippen molar-refractivity contribution in [3.05, 3.63) is 22.6 Å². The Kier molecular flexibility index (Phi) is 4.86. The third-order valence-electron chi connectivity index (χ3n) is 4.25. The average Bonchev–Trinajstić information content (AvgIpc) is 2.66. The first-order valence-corrected chi connectivity index (χ1v) is 7.62. The van der Waals surface area contributed by atoms with Crippen LogP contribution in [0, 0.1) is 20.8 Å². The van der Waals surface area contributed by atoms with Gasteiger partial charge in [0.15, 0.2) is 0 Å². The van der Waals surface area contributed by atoms with Gasteiger partial charge in [-0.05, 0) is 46.6 Å². The summed E-state index contributed by atoms with van der Waals surface area (Å²) in [7, 11) is 0. The van der Waals surface area contributed by atoms with E-state index in [2.05, 4.69) is 17.1 Å². The van der Waals surface area contributed by atoms with Gasteiger partial charge in [-0.2, -0.15) is 0 Å². The Morgan fingerprint density at radius 3 is 2.40 bits per heavy atom. The fourth-order valence-electron chi connectivity index (χ4n) is 3.00. The third-order valence-corrected chi connectivity index (χ3v) is 4.25. The summed E-state index contributed by atoms with van der Waals surface area (Å²) in [6, 6.07) is 0.296. The minimum Gasteiger partial charge on any atom is -0.466 e. The van der Waals surface area contributed by atoms with Crippen molar-refractivity contribution in [2.45, 2.75) is 53.0 Å². The number of furan rings is 1. The second-order valence-electron chi connectivity index (χ2n) is 5.80. The summed E-state index contributed by atoms with van der Waals surface area (Å²) in [5, 5.41) is 3.17. The zero-order chi connectivity index (χ0) is 14.7. The van der Waals surface area contributed by atoms with E-state index in [-0.39, 0.29) is 5.91 Å². The number of carbonyl (C=O) groups excluding carboxylic acids is 1. The molecule has 1 fully saturated rings. The fourth-order valence-corrected chi connectivity index (χ4v) is 3.00. The molecule has 0 aromatic carbocycles. The Morgan fingerprint density at radius 2 is 1.90 bits per heavy atom. The topological polar surface area (TPSA) is 45.5 Å². The van der Waals surface area contributed by atoms with Gasteiger partial charge in [0, 0.05) is 24.7 Å². The van der Waals surface area contributed by atoms with Crippen LogP contribution in [0.4, 0.5) is 0 Å². The number of hydrogen-bond donors (Lipinski definition) is 1. The zero-order valence-corrected chi connectivity index (χ0v) is 13.1. The molecule has 1 N–H and O–H groups in total. The third kappa shape index (κ3) is 3.23. The fraction of sp³-hybridized carbons (Fsp3) is 0.688. The smallest absolute Gasteiger partial charge is 0.255 e. The number of hydrogen-bond acceptors (Lipinski definition) is 3. The van der Waals surface area contributed by atoms with E-state index in [0.717, 1.165) is 48.6 Å². The first kappa shape index (κ1) is 15.1. The molecule has 2 heterocycles. The van der Waals surface area contributed by atoms with Gasteiger partial charge in [-0.25, -0.2) is 0 Å². The van der Waals surface area contributed by atoms with Crippen LogP contribution in [0.25, 0.3) is 0 Å². The molecule has 1 aliphatic rings. The highest BCUT2D eigenvalue weighted by Crippen LogP contribution is 2.21. The Labute approximate surface area is 121 Å². The van der Waals surface area contributed by atoms with Crippen LogP contribution in [0.2, 0.25) is 0 Å². The zero-order valence-electron chi connectivity index (χ0n) is 13.1. The second kappa shape index (κ2) is 6.44. The Bertz CT molecular complexity index is 471. The van der Waals surface area contributed by atoms with Crippen LogP contribution in [-0.2, 0) is 0 Å². The van der Waals surface area contributed by atoms with Crippen LogP contribution < -0.4 is 5.32 Å². The van der Waals surface area contributed by atoms with E-state index in [1.807, 2.05) is 20.8 Å². The van der Waals surface area contributed by atoms with Crippen molar-refractivity contribution in [2.24, 2.45) is 0 Å². The number of piperidine rings is 1. The van der Waals surface area contributed by atoms with Crippen molar-refractivity contribution in [2.75, 3.05) is 19.6 Å².